The first kappa shape index (κ1) is 21.3. The highest BCUT2D eigenvalue weighted by Gasteiger charge is 2.42. The van der Waals surface area contributed by atoms with Crippen LogP contribution in [0.2, 0.25) is 5.02 Å². The summed E-state index contributed by atoms with van der Waals surface area (Å²) in [4.78, 5) is 24.3. The SMILES string of the molecule is O=C(Nc1nnc(-c2cccc(Cl)c2)s1)c1ccc(OC2(C(=O)O)CCCCC2)cc1. The number of hydrogen-bond donors (Lipinski definition) is 2. The summed E-state index contributed by atoms with van der Waals surface area (Å²) in [6.07, 6.45) is 3.63. The number of hydrogen-bond acceptors (Lipinski definition) is 6. The van der Waals surface area contributed by atoms with Crippen molar-refractivity contribution < 1.29 is 19.4 Å². The van der Waals surface area contributed by atoms with Gasteiger partial charge >= 0.3 is 5.97 Å². The number of ether oxygens (including phenoxy) is 1. The van der Waals surface area contributed by atoms with Crippen LogP contribution in [0.1, 0.15) is 42.5 Å². The van der Waals surface area contributed by atoms with Crippen molar-refractivity contribution >= 4 is 39.9 Å². The lowest BCUT2D eigenvalue weighted by Gasteiger charge is -2.33. The molecule has 0 unspecified atom stereocenters. The predicted octanol–water partition coefficient (Wildman–Crippen LogP) is 5.28. The Morgan fingerprint density at radius 3 is 2.48 bits per heavy atom. The van der Waals surface area contributed by atoms with E-state index in [0.717, 1.165) is 24.8 Å². The molecule has 0 spiro atoms. The quantitative estimate of drug-likeness (QED) is 0.522. The number of halogens is 1. The minimum atomic E-state index is -1.19. The molecule has 3 aromatic rings. The molecule has 1 amide bonds. The Morgan fingerprint density at radius 1 is 1.06 bits per heavy atom. The molecule has 7 nitrogen and oxygen atoms in total. The predicted molar refractivity (Wildman–Crippen MR) is 119 cm³/mol. The Kier molecular flexibility index (Phi) is 6.20. The van der Waals surface area contributed by atoms with Crippen LogP contribution in [0.15, 0.2) is 48.5 Å². The summed E-state index contributed by atoms with van der Waals surface area (Å²) in [5.41, 5.74) is 0.0349. The molecule has 1 fully saturated rings. The average Bonchev–Trinajstić information content (AvgIpc) is 3.23. The molecule has 4 rings (SSSR count). The number of benzene rings is 2. The summed E-state index contributed by atoms with van der Waals surface area (Å²) in [6, 6.07) is 13.7. The molecule has 0 saturated heterocycles. The summed E-state index contributed by atoms with van der Waals surface area (Å²) in [7, 11) is 0. The number of aromatic nitrogens is 2. The van der Waals surface area contributed by atoms with Gasteiger partial charge < -0.3 is 9.84 Å². The largest absolute Gasteiger partial charge is 0.478 e. The van der Waals surface area contributed by atoms with Gasteiger partial charge in [-0.1, -0.05) is 41.5 Å². The maximum absolute atomic E-state index is 12.6. The molecule has 1 saturated carbocycles. The molecular formula is C22H20ClN3O4S. The summed E-state index contributed by atoms with van der Waals surface area (Å²) in [6.45, 7) is 0. The highest BCUT2D eigenvalue weighted by molar-refractivity contribution is 7.18. The van der Waals surface area contributed by atoms with E-state index in [1.54, 1.807) is 36.4 Å². The van der Waals surface area contributed by atoms with Crippen LogP contribution in [0.5, 0.6) is 5.75 Å². The first-order valence-electron chi connectivity index (χ1n) is 9.88. The number of carbonyl (C=O) groups excluding carboxylic acids is 1. The van der Waals surface area contributed by atoms with E-state index in [2.05, 4.69) is 15.5 Å². The van der Waals surface area contributed by atoms with E-state index in [1.807, 2.05) is 12.1 Å². The van der Waals surface area contributed by atoms with E-state index in [4.69, 9.17) is 16.3 Å². The van der Waals surface area contributed by atoms with Crippen molar-refractivity contribution in [1.29, 1.82) is 0 Å². The zero-order chi connectivity index (χ0) is 21.8. The zero-order valence-electron chi connectivity index (χ0n) is 16.5. The van der Waals surface area contributed by atoms with E-state index in [-0.39, 0.29) is 5.91 Å². The van der Waals surface area contributed by atoms with Gasteiger partial charge in [0.25, 0.3) is 5.91 Å². The summed E-state index contributed by atoms with van der Waals surface area (Å²) < 4.78 is 5.86. The third-order valence-corrected chi connectivity index (χ3v) is 6.32. The number of aliphatic carboxylic acids is 1. The average molecular weight is 458 g/mol. The van der Waals surface area contributed by atoms with Crippen molar-refractivity contribution in [3.05, 3.63) is 59.1 Å². The molecule has 0 bridgehead atoms. The zero-order valence-corrected chi connectivity index (χ0v) is 18.1. The second-order valence-electron chi connectivity index (χ2n) is 7.36. The lowest BCUT2D eigenvalue weighted by Crippen LogP contribution is -2.46. The monoisotopic (exact) mass is 457 g/mol. The number of rotatable bonds is 6. The van der Waals surface area contributed by atoms with Crippen LogP contribution >= 0.6 is 22.9 Å². The normalized spacial score (nSPS) is 15.3. The molecule has 0 atom stereocenters. The first-order valence-corrected chi connectivity index (χ1v) is 11.1. The molecule has 1 aliphatic rings. The number of nitrogens with one attached hydrogen (secondary N) is 1. The van der Waals surface area contributed by atoms with Gasteiger partial charge in [0.15, 0.2) is 0 Å². The number of carbonyl (C=O) groups is 2. The molecule has 2 aromatic carbocycles. The van der Waals surface area contributed by atoms with Crippen molar-refractivity contribution in [2.45, 2.75) is 37.7 Å². The summed E-state index contributed by atoms with van der Waals surface area (Å²) >= 11 is 7.25. The van der Waals surface area contributed by atoms with Gasteiger partial charge in [0.2, 0.25) is 10.7 Å². The van der Waals surface area contributed by atoms with Crippen LogP contribution in [0.25, 0.3) is 10.6 Å². The molecule has 1 heterocycles. The third kappa shape index (κ3) is 4.86. The number of amides is 1. The highest BCUT2D eigenvalue weighted by Crippen LogP contribution is 2.34. The maximum atomic E-state index is 12.6. The van der Waals surface area contributed by atoms with Gasteiger partial charge in [0, 0.05) is 16.1 Å². The van der Waals surface area contributed by atoms with Crippen molar-refractivity contribution in [2.24, 2.45) is 0 Å². The van der Waals surface area contributed by atoms with Gasteiger partial charge in [-0.2, -0.15) is 0 Å². The molecule has 2 N–H and O–H groups in total. The Morgan fingerprint density at radius 2 is 1.81 bits per heavy atom. The second-order valence-corrected chi connectivity index (χ2v) is 8.78. The number of carboxylic acid groups (broad SMARTS) is 1. The summed E-state index contributed by atoms with van der Waals surface area (Å²) in [5.74, 6) is -0.855. The van der Waals surface area contributed by atoms with Gasteiger partial charge in [0.1, 0.15) is 10.8 Å². The van der Waals surface area contributed by atoms with E-state index in [0.29, 0.717) is 39.3 Å². The molecule has 9 heteroatoms. The van der Waals surface area contributed by atoms with Crippen LogP contribution in [0.4, 0.5) is 5.13 Å². The third-order valence-electron chi connectivity index (χ3n) is 5.20. The number of nitrogens with zero attached hydrogens (tertiary/aromatic N) is 2. The van der Waals surface area contributed by atoms with Gasteiger partial charge in [-0.3, -0.25) is 10.1 Å². The molecule has 0 radical (unpaired) electrons. The van der Waals surface area contributed by atoms with E-state index >= 15 is 0 Å². The second kappa shape index (κ2) is 9.03. The fourth-order valence-corrected chi connectivity index (χ4v) is 4.49. The maximum Gasteiger partial charge on any atom is 0.348 e. The molecule has 1 aliphatic carbocycles. The molecule has 0 aliphatic heterocycles. The van der Waals surface area contributed by atoms with E-state index in [9.17, 15) is 14.7 Å². The summed E-state index contributed by atoms with van der Waals surface area (Å²) in [5, 5.41) is 22.1. The van der Waals surface area contributed by atoms with Crippen LogP contribution in [0.3, 0.4) is 0 Å². The smallest absolute Gasteiger partial charge is 0.348 e. The topological polar surface area (TPSA) is 101 Å². The van der Waals surface area contributed by atoms with Crippen molar-refractivity contribution in [1.82, 2.24) is 10.2 Å². The van der Waals surface area contributed by atoms with E-state index < -0.39 is 11.6 Å². The van der Waals surface area contributed by atoms with Crippen LogP contribution in [0, 0.1) is 0 Å². The fourth-order valence-electron chi connectivity index (χ4n) is 3.56. The van der Waals surface area contributed by atoms with Gasteiger partial charge in [0.05, 0.1) is 0 Å². The Balaban J connectivity index is 1.42. The Labute approximate surface area is 188 Å². The lowest BCUT2D eigenvalue weighted by atomic mass is 9.84. The van der Waals surface area contributed by atoms with Crippen LogP contribution < -0.4 is 10.1 Å². The number of anilines is 1. The van der Waals surface area contributed by atoms with Gasteiger partial charge in [-0.05, 0) is 62.1 Å². The lowest BCUT2D eigenvalue weighted by molar-refractivity contribution is -0.158. The van der Waals surface area contributed by atoms with Crippen molar-refractivity contribution in [3.8, 4) is 16.3 Å². The van der Waals surface area contributed by atoms with Crippen LogP contribution in [-0.2, 0) is 4.79 Å². The molecule has 1 aromatic heterocycles. The fraction of sp³-hybridized carbons (Fsp3) is 0.273. The van der Waals surface area contributed by atoms with Gasteiger partial charge in [-0.25, -0.2) is 4.79 Å². The number of carboxylic acids is 1. The van der Waals surface area contributed by atoms with Crippen LogP contribution in [-0.4, -0.2) is 32.8 Å². The molecule has 31 heavy (non-hydrogen) atoms. The minimum absolute atomic E-state index is 0.342. The standard InChI is InChI=1S/C22H20ClN3O4S/c23-16-6-4-5-15(13-16)19-25-26-21(31-19)24-18(27)14-7-9-17(10-8-14)30-22(20(28)29)11-2-1-3-12-22/h4-10,13H,1-3,11-12H2,(H,28,29)(H,24,26,27). The van der Waals surface area contributed by atoms with Gasteiger partial charge in [-0.15, -0.1) is 10.2 Å². The van der Waals surface area contributed by atoms with Crippen molar-refractivity contribution in [2.75, 3.05) is 5.32 Å². The Hall–Kier alpha value is -2.97. The highest BCUT2D eigenvalue weighted by atomic mass is 35.5. The first-order chi connectivity index (χ1) is 14.9. The Bertz CT molecular complexity index is 1090. The minimum Gasteiger partial charge on any atom is -0.478 e. The molecule has 160 valence electrons. The van der Waals surface area contributed by atoms with Crippen molar-refractivity contribution in [3.63, 3.8) is 0 Å². The van der Waals surface area contributed by atoms with E-state index in [1.165, 1.54) is 11.3 Å². The molecular weight excluding hydrogens is 438 g/mol.